The fraction of sp³-hybridized carbons (Fsp3) is 0.700. The van der Waals surface area contributed by atoms with Crippen molar-refractivity contribution < 1.29 is 36.9 Å². The quantitative estimate of drug-likeness (QED) is 0.452. The molecule has 0 aliphatic carbocycles. The summed E-state index contributed by atoms with van der Waals surface area (Å²) < 4.78 is 67.7. The van der Waals surface area contributed by atoms with Gasteiger partial charge in [0.05, 0.1) is 36.2 Å². The number of benzene rings is 1. The molecule has 1 aromatic heterocycles. The maximum atomic E-state index is 15.4. The number of alkyl halides is 1. The molecule has 0 radical (unpaired) electrons. The van der Waals surface area contributed by atoms with Gasteiger partial charge >= 0.3 is 12.1 Å². The van der Waals surface area contributed by atoms with E-state index in [9.17, 15) is 9.18 Å². The molecule has 4 fully saturated rings. The lowest BCUT2D eigenvalue weighted by Crippen LogP contribution is -2.66. The van der Waals surface area contributed by atoms with Gasteiger partial charge in [-0.3, -0.25) is 9.80 Å². The molecule has 4 atom stereocenters. The molecule has 236 valence electrons. The van der Waals surface area contributed by atoms with Gasteiger partial charge in [0.1, 0.15) is 29.7 Å². The van der Waals surface area contributed by atoms with E-state index >= 15 is 8.78 Å². The molecule has 4 aliphatic heterocycles. The Morgan fingerprint density at radius 3 is 2.60 bits per heavy atom. The Labute approximate surface area is 249 Å². The summed E-state index contributed by atoms with van der Waals surface area (Å²) in [6.07, 6.45) is 2.06. The molecule has 2 unspecified atom stereocenters. The largest absolute Gasteiger partial charge is 0.493 e. The summed E-state index contributed by atoms with van der Waals surface area (Å²) in [6.45, 7) is 7.60. The van der Waals surface area contributed by atoms with Crippen LogP contribution in [0.15, 0.2) is 6.07 Å². The van der Waals surface area contributed by atoms with E-state index < -0.39 is 40.6 Å². The Morgan fingerprint density at radius 2 is 1.88 bits per heavy atom. The molecule has 6 rings (SSSR count). The Kier molecular flexibility index (Phi) is 7.55. The Morgan fingerprint density at radius 1 is 1.09 bits per heavy atom. The number of nitrogens with zero attached hydrogens (tertiary/aromatic N) is 5. The maximum absolute atomic E-state index is 15.4. The average molecular weight is 608 g/mol. The fourth-order valence-electron chi connectivity index (χ4n) is 7.66. The number of amides is 1. The number of methoxy groups -OCH3 is 2. The van der Waals surface area contributed by atoms with Crippen LogP contribution >= 0.6 is 0 Å². The first-order valence-electron chi connectivity index (χ1n) is 14.9. The monoisotopic (exact) mass is 607 g/mol. The number of hydrogen-bond acceptors (Lipinski definition) is 9. The molecule has 2 bridgehead atoms. The molecule has 43 heavy (non-hydrogen) atoms. The molecule has 1 amide bonds. The van der Waals surface area contributed by atoms with Crippen LogP contribution in [0.5, 0.6) is 11.8 Å². The van der Waals surface area contributed by atoms with Gasteiger partial charge in [-0.05, 0) is 53.0 Å². The highest BCUT2D eigenvalue weighted by Gasteiger charge is 2.55. The van der Waals surface area contributed by atoms with Crippen molar-refractivity contribution in [3.63, 3.8) is 0 Å². The second kappa shape index (κ2) is 10.8. The molecule has 1 aromatic carbocycles. The predicted molar refractivity (Wildman–Crippen MR) is 152 cm³/mol. The Bertz CT molecular complexity index is 1400. The molecule has 13 heteroatoms. The van der Waals surface area contributed by atoms with E-state index in [1.165, 1.54) is 7.11 Å². The highest BCUT2D eigenvalue weighted by molar-refractivity contribution is 5.96. The third kappa shape index (κ3) is 5.22. The SMILES string of the molecule is COCC12CCC(CN(c3nc(OC[C@@]45CCCN4C[C@H](F)C5)nc4c(F)cc(F)c(OC)c34)C1)N2C(=O)OC(C)(C)C. The first-order chi connectivity index (χ1) is 20.4. The van der Waals surface area contributed by atoms with E-state index in [0.29, 0.717) is 32.4 Å². The molecular formula is C30H40F3N5O5. The van der Waals surface area contributed by atoms with E-state index in [2.05, 4.69) is 9.88 Å². The van der Waals surface area contributed by atoms with E-state index in [4.69, 9.17) is 23.9 Å². The van der Waals surface area contributed by atoms with E-state index in [0.717, 1.165) is 25.5 Å². The summed E-state index contributed by atoms with van der Waals surface area (Å²) in [7, 11) is 2.88. The first-order valence-corrected chi connectivity index (χ1v) is 14.9. The van der Waals surface area contributed by atoms with Gasteiger partial charge in [-0.15, -0.1) is 0 Å². The van der Waals surface area contributed by atoms with Gasteiger partial charge in [-0.25, -0.2) is 18.0 Å². The molecule has 5 heterocycles. The van der Waals surface area contributed by atoms with Crippen LogP contribution < -0.4 is 14.4 Å². The van der Waals surface area contributed by atoms with Gasteiger partial charge in [-0.2, -0.15) is 9.97 Å². The number of aromatic nitrogens is 2. The summed E-state index contributed by atoms with van der Waals surface area (Å²) in [5.41, 5.74) is -2.05. The summed E-state index contributed by atoms with van der Waals surface area (Å²) in [6, 6.07) is 0.394. The van der Waals surface area contributed by atoms with Crippen molar-refractivity contribution in [1.29, 1.82) is 0 Å². The Hall–Kier alpha value is -3.06. The molecule has 10 nitrogen and oxygen atoms in total. The highest BCUT2D eigenvalue weighted by atomic mass is 19.1. The molecule has 4 aliphatic rings. The molecular weight excluding hydrogens is 567 g/mol. The highest BCUT2D eigenvalue weighted by Crippen LogP contribution is 2.45. The minimum atomic E-state index is -0.935. The van der Waals surface area contributed by atoms with Crippen LogP contribution in [0.2, 0.25) is 0 Å². The summed E-state index contributed by atoms with van der Waals surface area (Å²) in [5, 5.41) is 0.0791. The number of fused-ring (bicyclic) bond motifs is 4. The number of halogens is 3. The molecule has 0 spiro atoms. The van der Waals surface area contributed by atoms with Crippen LogP contribution in [0.25, 0.3) is 10.9 Å². The fourth-order valence-corrected chi connectivity index (χ4v) is 7.66. The van der Waals surface area contributed by atoms with Gasteiger partial charge in [0, 0.05) is 39.2 Å². The van der Waals surface area contributed by atoms with Crippen molar-refractivity contribution >= 4 is 22.8 Å². The van der Waals surface area contributed by atoms with Gasteiger partial charge < -0.3 is 23.8 Å². The van der Waals surface area contributed by atoms with Crippen LogP contribution in [-0.2, 0) is 9.47 Å². The number of piperazine rings is 1. The zero-order valence-electron chi connectivity index (χ0n) is 25.4. The van der Waals surface area contributed by atoms with Crippen LogP contribution in [0.3, 0.4) is 0 Å². The van der Waals surface area contributed by atoms with Gasteiger partial charge in [-0.1, -0.05) is 0 Å². The average Bonchev–Trinajstić information content (AvgIpc) is 3.52. The number of carbonyl (C=O) groups is 1. The lowest BCUT2D eigenvalue weighted by molar-refractivity contribution is -0.0261. The van der Waals surface area contributed by atoms with Crippen molar-refractivity contribution in [2.45, 2.75) is 81.8 Å². The van der Waals surface area contributed by atoms with Crippen molar-refractivity contribution in [3.8, 4) is 11.8 Å². The van der Waals surface area contributed by atoms with Crippen molar-refractivity contribution in [2.75, 3.05) is 58.5 Å². The second-order valence-electron chi connectivity index (χ2n) is 13.4. The number of hydrogen-bond donors (Lipinski definition) is 0. The maximum Gasteiger partial charge on any atom is 0.411 e. The normalized spacial score (nSPS) is 28.9. The Balaban J connectivity index is 1.40. The third-order valence-electron chi connectivity index (χ3n) is 9.27. The standard InChI is InChI=1S/C30H40F3N5O5/c1-28(2,3)43-27(39)38-19-7-9-30(38,16-40-4)15-36(14-19)25-22-23(20(32)11-21(33)24(22)41-5)34-26(35-25)42-17-29-8-6-10-37(29)13-18(31)12-29/h11,18-19H,6-10,12-17H2,1-5H3/t18-,19?,29+,30?/m1/s1. The molecule has 0 saturated carbocycles. The van der Waals surface area contributed by atoms with Gasteiger partial charge in [0.25, 0.3) is 0 Å². The van der Waals surface area contributed by atoms with Crippen molar-refractivity contribution in [3.05, 3.63) is 17.7 Å². The molecule has 4 saturated heterocycles. The third-order valence-corrected chi connectivity index (χ3v) is 9.27. The number of carbonyl (C=O) groups excluding carboxylic acids is 1. The molecule has 0 N–H and O–H groups in total. The topological polar surface area (TPSA) is 89.5 Å². The van der Waals surface area contributed by atoms with E-state index in [1.807, 2.05) is 25.7 Å². The van der Waals surface area contributed by atoms with Crippen LogP contribution in [0.1, 0.15) is 52.9 Å². The smallest absolute Gasteiger partial charge is 0.411 e. The van der Waals surface area contributed by atoms with Crippen LogP contribution in [-0.4, -0.2) is 108 Å². The minimum absolute atomic E-state index is 0.0791. The zero-order chi connectivity index (χ0) is 30.7. The van der Waals surface area contributed by atoms with Crippen molar-refractivity contribution in [1.82, 2.24) is 19.8 Å². The summed E-state index contributed by atoms with van der Waals surface area (Å²) in [5.74, 6) is -1.71. The van der Waals surface area contributed by atoms with E-state index in [-0.39, 0.29) is 54.3 Å². The number of ether oxygens (including phenoxy) is 4. The van der Waals surface area contributed by atoms with Gasteiger partial charge in [0.15, 0.2) is 17.4 Å². The first kappa shape index (κ1) is 30.0. The van der Waals surface area contributed by atoms with E-state index in [1.54, 1.807) is 12.0 Å². The molecule has 2 aromatic rings. The van der Waals surface area contributed by atoms with Crippen LogP contribution in [0.4, 0.5) is 23.8 Å². The number of rotatable bonds is 7. The van der Waals surface area contributed by atoms with Gasteiger partial charge in [0.2, 0.25) is 0 Å². The minimum Gasteiger partial charge on any atom is -0.493 e. The predicted octanol–water partition coefficient (Wildman–Crippen LogP) is 4.48. The van der Waals surface area contributed by atoms with Crippen molar-refractivity contribution in [2.24, 2.45) is 0 Å². The number of anilines is 1. The lowest BCUT2D eigenvalue weighted by atomic mass is 9.95. The zero-order valence-corrected chi connectivity index (χ0v) is 25.4. The lowest BCUT2D eigenvalue weighted by Gasteiger charge is -2.49. The second-order valence-corrected chi connectivity index (χ2v) is 13.4. The summed E-state index contributed by atoms with van der Waals surface area (Å²) >= 11 is 0. The summed E-state index contributed by atoms with van der Waals surface area (Å²) in [4.78, 5) is 28.3. The van der Waals surface area contributed by atoms with Crippen LogP contribution in [0, 0.1) is 11.6 Å².